The Morgan fingerprint density at radius 1 is 1.33 bits per heavy atom. The fraction of sp³-hybridized carbons (Fsp3) is 0.583. The molecule has 0 saturated carbocycles. The monoisotopic (exact) mass is 212 g/mol. The first-order valence-electron chi connectivity index (χ1n) is 4.92. The van der Waals surface area contributed by atoms with Crippen molar-refractivity contribution in [3.8, 4) is 0 Å². The standard InChI is InChI=1S/C12H20O3/c1-7-11(5,6)12(14,8-2)10(13)15-9(3)4/h7-9,14H,1-2H2,3-6H3/t12-/m0/s1. The van der Waals surface area contributed by atoms with Gasteiger partial charge in [-0.25, -0.2) is 4.79 Å². The number of aliphatic hydroxyl groups is 1. The molecule has 0 bridgehead atoms. The molecule has 15 heavy (non-hydrogen) atoms. The number of carbonyl (C=O) groups excluding carboxylic acids is 1. The van der Waals surface area contributed by atoms with Gasteiger partial charge in [-0.3, -0.25) is 0 Å². The van der Waals surface area contributed by atoms with E-state index < -0.39 is 17.0 Å². The van der Waals surface area contributed by atoms with Crippen LogP contribution in [0.1, 0.15) is 27.7 Å². The number of ether oxygens (including phenoxy) is 1. The number of hydrogen-bond donors (Lipinski definition) is 1. The molecule has 0 aromatic rings. The predicted molar refractivity (Wildman–Crippen MR) is 60.4 cm³/mol. The van der Waals surface area contributed by atoms with Gasteiger partial charge in [0, 0.05) is 5.41 Å². The maximum Gasteiger partial charge on any atom is 0.343 e. The van der Waals surface area contributed by atoms with Crippen LogP contribution < -0.4 is 0 Å². The van der Waals surface area contributed by atoms with E-state index in [0.717, 1.165) is 0 Å². The normalized spacial score (nSPS) is 15.6. The third-order valence-corrected chi connectivity index (χ3v) is 2.44. The summed E-state index contributed by atoms with van der Waals surface area (Å²) in [5.74, 6) is -0.697. The van der Waals surface area contributed by atoms with Gasteiger partial charge in [0.15, 0.2) is 5.60 Å². The summed E-state index contributed by atoms with van der Waals surface area (Å²) in [4.78, 5) is 11.7. The molecule has 0 radical (unpaired) electrons. The zero-order chi connectivity index (χ0) is 12.3. The smallest absolute Gasteiger partial charge is 0.343 e. The van der Waals surface area contributed by atoms with Crippen LogP contribution in [0.5, 0.6) is 0 Å². The zero-order valence-electron chi connectivity index (χ0n) is 9.91. The van der Waals surface area contributed by atoms with Crippen LogP contribution in [0.3, 0.4) is 0 Å². The molecule has 3 nitrogen and oxygen atoms in total. The van der Waals surface area contributed by atoms with Crippen LogP contribution in [0.4, 0.5) is 0 Å². The van der Waals surface area contributed by atoms with Crippen LogP contribution in [0.15, 0.2) is 25.3 Å². The Morgan fingerprint density at radius 3 is 2.07 bits per heavy atom. The highest BCUT2D eigenvalue weighted by Gasteiger charge is 2.47. The highest BCUT2D eigenvalue weighted by atomic mass is 16.6. The van der Waals surface area contributed by atoms with Crippen molar-refractivity contribution in [3.63, 3.8) is 0 Å². The van der Waals surface area contributed by atoms with Gasteiger partial charge in [-0.1, -0.05) is 26.5 Å². The lowest BCUT2D eigenvalue weighted by atomic mass is 9.75. The van der Waals surface area contributed by atoms with Crippen LogP contribution in [-0.4, -0.2) is 22.8 Å². The van der Waals surface area contributed by atoms with Crippen molar-refractivity contribution < 1.29 is 14.6 Å². The average molecular weight is 212 g/mol. The van der Waals surface area contributed by atoms with Gasteiger partial charge < -0.3 is 9.84 Å². The fourth-order valence-corrected chi connectivity index (χ4v) is 1.07. The van der Waals surface area contributed by atoms with Gasteiger partial charge in [-0.15, -0.1) is 6.58 Å². The van der Waals surface area contributed by atoms with Crippen molar-refractivity contribution in [3.05, 3.63) is 25.3 Å². The van der Waals surface area contributed by atoms with Gasteiger partial charge in [0.2, 0.25) is 0 Å². The van der Waals surface area contributed by atoms with E-state index in [1.165, 1.54) is 12.2 Å². The summed E-state index contributed by atoms with van der Waals surface area (Å²) < 4.78 is 4.99. The highest BCUT2D eigenvalue weighted by Crippen LogP contribution is 2.34. The summed E-state index contributed by atoms with van der Waals surface area (Å²) >= 11 is 0. The summed E-state index contributed by atoms with van der Waals surface area (Å²) in [6, 6.07) is 0. The lowest BCUT2D eigenvalue weighted by molar-refractivity contribution is -0.172. The van der Waals surface area contributed by atoms with E-state index in [1.807, 2.05) is 0 Å². The molecule has 0 aliphatic carbocycles. The molecule has 0 aliphatic heterocycles. The summed E-state index contributed by atoms with van der Waals surface area (Å²) in [7, 11) is 0. The quantitative estimate of drug-likeness (QED) is 0.560. The molecule has 0 rings (SSSR count). The maximum absolute atomic E-state index is 11.7. The minimum absolute atomic E-state index is 0.274. The van der Waals surface area contributed by atoms with E-state index in [9.17, 15) is 9.90 Å². The lowest BCUT2D eigenvalue weighted by Crippen LogP contribution is -2.50. The van der Waals surface area contributed by atoms with Crippen molar-refractivity contribution in [2.24, 2.45) is 5.41 Å². The Morgan fingerprint density at radius 2 is 1.80 bits per heavy atom. The molecule has 0 heterocycles. The fourth-order valence-electron chi connectivity index (χ4n) is 1.07. The van der Waals surface area contributed by atoms with Crippen LogP contribution in [0.25, 0.3) is 0 Å². The molecule has 0 aromatic carbocycles. The number of esters is 1. The van der Waals surface area contributed by atoms with E-state index >= 15 is 0 Å². The number of hydrogen-bond acceptors (Lipinski definition) is 3. The molecule has 1 N–H and O–H groups in total. The third kappa shape index (κ3) is 2.69. The van der Waals surface area contributed by atoms with Gasteiger partial charge in [0.1, 0.15) is 0 Å². The van der Waals surface area contributed by atoms with Crippen LogP contribution in [0, 0.1) is 5.41 Å². The summed E-state index contributed by atoms with van der Waals surface area (Å²) in [5, 5.41) is 10.2. The van der Waals surface area contributed by atoms with Gasteiger partial charge in [0.05, 0.1) is 6.10 Å². The minimum Gasteiger partial charge on any atom is -0.461 e. The molecule has 86 valence electrons. The van der Waals surface area contributed by atoms with Crippen LogP contribution in [-0.2, 0) is 9.53 Å². The molecule has 0 fully saturated rings. The van der Waals surface area contributed by atoms with Gasteiger partial charge in [0.25, 0.3) is 0 Å². The van der Waals surface area contributed by atoms with Crippen molar-refractivity contribution >= 4 is 5.97 Å². The van der Waals surface area contributed by atoms with Crippen LogP contribution in [0.2, 0.25) is 0 Å². The summed E-state index contributed by atoms with van der Waals surface area (Å²) in [6.07, 6.45) is 2.43. The first-order valence-corrected chi connectivity index (χ1v) is 4.92. The van der Waals surface area contributed by atoms with E-state index in [2.05, 4.69) is 13.2 Å². The summed E-state index contributed by atoms with van der Waals surface area (Å²) in [6.45, 7) is 13.9. The van der Waals surface area contributed by atoms with Crippen molar-refractivity contribution in [2.75, 3.05) is 0 Å². The largest absolute Gasteiger partial charge is 0.461 e. The Labute approximate surface area is 91.4 Å². The lowest BCUT2D eigenvalue weighted by Gasteiger charge is -2.36. The third-order valence-electron chi connectivity index (χ3n) is 2.44. The highest BCUT2D eigenvalue weighted by molar-refractivity contribution is 5.83. The van der Waals surface area contributed by atoms with Crippen LogP contribution >= 0.6 is 0 Å². The molecule has 3 heteroatoms. The zero-order valence-corrected chi connectivity index (χ0v) is 9.91. The van der Waals surface area contributed by atoms with E-state index in [1.54, 1.807) is 27.7 Å². The van der Waals surface area contributed by atoms with Gasteiger partial charge in [-0.05, 0) is 19.9 Å². The van der Waals surface area contributed by atoms with Crippen molar-refractivity contribution in [1.29, 1.82) is 0 Å². The Hall–Kier alpha value is -1.09. The Balaban J connectivity index is 5.10. The maximum atomic E-state index is 11.7. The second kappa shape index (κ2) is 4.62. The van der Waals surface area contributed by atoms with E-state index in [4.69, 9.17) is 4.74 Å². The number of rotatable bonds is 5. The first-order chi connectivity index (χ1) is 6.71. The molecule has 0 aliphatic rings. The number of carbonyl (C=O) groups is 1. The molecule has 0 unspecified atom stereocenters. The average Bonchev–Trinajstić information content (AvgIpc) is 2.15. The summed E-state index contributed by atoms with van der Waals surface area (Å²) in [5.41, 5.74) is -2.56. The predicted octanol–water partition coefficient (Wildman–Crippen LogP) is 2.07. The molecule has 1 atom stereocenters. The molecule has 0 aromatic heterocycles. The minimum atomic E-state index is -1.74. The van der Waals surface area contributed by atoms with Crippen molar-refractivity contribution in [1.82, 2.24) is 0 Å². The Kier molecular flexibility index (Phi) is 4.28. The molecular weight excluding hydrogens is 192 g/mol. The molecule has 0 amide bonds. The second-order valence-electron chi connectivity index (χ2n) is 4.35. The van der Waals surface area contributed by atoms with Crippen molar-refractivity contribution in [2.45, 2.75) is 39.4 Å². The Bertz CT molecular complexity index is 266. The molecule has 0 spiro atoms. The van der Waals surface area contributed by atoms with E-state index in [-0.39, 0.29) is 6.10 Å². The topological polar surface area (TPSA) is 46.5 Å². The molecular formula is C12H20O3. The van der Waals surface area contributed by atoms with Gasteiger partial charge >= 0.3 is 5.97 Å². The first kappa shape index (κ1) is 13.9. The van der Waals surface area contributed by atoms with Gasteiger partial charge in [-0.2, -0.15) is 0 Å². The van der Waals surface area contributed by atoms with E-state index in [0.29, 0.717) is 0 Å². The SMILES string of the molecule is C=CC(C)(C)[C@](O)(C=C)C(=O)OC(C)C. The molecule has 0 saturated heterocycles. The second-order valence-corrected chi connectivity index (χ2v) is 4.35.